The van der Waals surface area contributed by atoms with Crippen LogP contribution in [0.4, 0.5) is 0 Å². The molecule has 31 heavy (non-hydrogen) atoms. The quantitative estimate of drug-likeness (QED) is 0.248. The summed E-state index contributed by atoms with van der Waals surface area (Å²) in [5, 5.41) is 8.30. The van der Waals surface area contributed by atoms with E-state index in [1.807, 2.05) is 6.07 Å². The summed E-state index contributed by atoms with van der Waals surface area (Å²) in [6, 6.07) is 40.9. The highest BCUT2D eigenvalue weighted by molar-refractivity contribution is 6.34. The van der Waals surface area contributed by atoms with Gasteiger partial charge in [0.1, 0.15) is 0 Å². The van der Waals surface area contributed by atoms with Crippen molar-refractivity contribution in [3.8, 4) is 22.3 Å². The molecule has 0 N–H and O–H groups in total. The van der Waals surface area contributed by atoms with Gasteiger partial charge in [0, 0.05) is 10.6 Å². The lowest BCUT2D eigenvalue weighted by molar-refractivity contribution is 1.62. The average molecular weight is 415 g/mol. The van der Waals surface area contributed by atoms with Crippen molar-refractivity contribution in [2.24, 2.45) is 0 Å². The van der Waals surface area contributed by atoms with Gasteiger partial charge in [0.05, 0.1) is 0 Å². The molecule has 0 atom stereocenters. The topological polar surface area (TPSA) is 0 Å². The fraction of sp³-hybridized carbons (Fsp3) is 0. The molecule has 0 fully saturated rings. The minimum Gasteiger partial charge on any atom is -0.0837 e. The lowest BCUT2D eigenvalue weighted by Gasteiger charge is -2.12. The zero-order valence-corrected chi connectivity index (χ0v) is 17.6. The van der Waals surface area contributed by atoms with Gasteiger partial charge >= 0.3 is 0 Å². The van der Waals surface area contributed by atoms with Crippen molar-refractivity contribution in [3.05, 3.63) is 120 Å². The van der Waals surface area contributed by atoms with Crippen LogP contribution < -0.4 is 0 Å². The van der Waals surface area contributed by atoms with Crippen LogP contribution in [0.5, 0.6) is 0 Å². The summed E-state index contributed by atoms with van der Waals surface area (Å²) in [5.74, 6) is 0. The van der Waals surface area contributed by atoms with Gasteiger partial charge in [-0.15, -0.1) is 0 Å². The molecule has 6 aromatic carbocycles. The van der Waals surface area contributed by atoms with E-state index in [4.69, 9.17) is 11.6 Å². The van der Waals surface area contributed by atoms with Gasteiger partial charge in [-0.1, -0.05) is 109 Å². The van der Waals surface area contributed by atoms with Gasteiger partial charge in [0.25, 0.3) is 0 Å². The number of rotatable bonds is 2. The molecular formula is C30H19Cl. The Labute approximate surface area is 186 Å². The smallest absolute Gasteiger partial charge is 0.0485 e. The zero-order valence-electron chi connectivity index (χ0n) is 16.8. The Morgan fingerprint density at radius 3 is 1.87 bits per heavy atom. The Morgan fingerprint density at radius 2 is 1.00 bits per heavy atom. The standard InChI is InChI=1S/C30H19Cl/c31-30-17-15-23(19-29(30)28-11-5-8-20-6-1-4-10-26(20)28)22-14-16-27-24(18-22)13-12-21-7-2-3-9-25(21)27/h1-19H. The molecule has 0 unspecified atom stereocenters. The van der Waals surface area contributed by atoms with Crippen molar-refractivity contribution >= 4 is 43.9 Å². The van der Waals surface area contributed by atoms with E-state index in [-0.39, 0.29) is 0 Å². The molecule has 0 spiro atoms. The molecule has 1 heteroatoms. The van der Waals surface area contributed by atoms with Crippen molar-refractivity contribution in [2.75, 3.05) is 0 Å². The average Bonchev–Trinajstić information content (AvgIpc) is 2.83. The van der Waals surface area contributed by atoms with E-state index < -0.39 is 0 Å². The Bertz CT molecular complexity index is 1590. The number of benzene rings is 6. The first-order valence-corrected chi connectivity index (χ1v) is 10.9. The van der Waals surface area contributed by atoms with E-state index in [2.05, 4.69) is 109 Å². The molecule has 0 bridgehead atoms. The third-order valence-electron chi connectivity index (χ3n) is 6.12. The first-order chi connectivity index (χ1) is 15.3. The van der Waals surface area contributed by atoms with Crippen LogP contribution in [0, 0.1) is 0 Å². The lowest BCUT2D eigenvalue weighted by atomic mass is 9.93. The highest BCUT2D eigenvalue weighted by Crippen LogP contribution is 2.37. The molecule has 0 amide bonds. The Balaban J connectivity index is 1.53. The van der Waals surface area contributed by atoms with Crippen LogP contribution >= 0.6 is 11.6 Å². The Hall–Kier alpha value is -3.61. The van der Waals surface area contributed by atoms with Gasteiger partial charge in [-0.3, -0.25) is 0 Å². The van der Waals surface area contributed by atoms with Gasteiger partial charge in [-0.05, 0) is 67.2 Å². The van der Waals surface area contributed by atoms with Crippen LogP contribution in [0.2, 0.25) is 5.02 Å². The second-order valence-corrected chi connectivity index (χ2v) is 8.35. The molecule has 146 valence electrons. The number of fused-ring (bicyclic) bond motifs is 4. The summed E-state index contributed by atoms with van der Waals surface area (Å²) in [6.45, 7) is 0. The lowest BCUT2D eigenvalue weighted by Crippen LogP contribution is -1.86. The van der Waals surface area contributed by atoms with E-state index in [9.17, 15) is 0 Å². The van der Waals surface area contributed by atoms with E-state index >= 15 is 0 Å². The molecule has 0 saturated carbocycles. The highest BCUT2D eigenvalue weighted by Gasteiger charge is 2.10. The molecular weight excluding hydrogens is 396 g/mol. The fourth-order valence-electron chi connectivity index (χ4n) is 4.56. The first kappa shape index (κ1) is 18.2. The second-order valence-electron chi connectivity index (χ2n) is 7.94. The van der Waals surface area contributed by atoms with E-state index in [0.29, 0.717) is 0 Å². The predicted octanol–water partition coefficient (Wildman–Crippen LogP) is 9.13. The van der Waals surface area contributed by atoms with Crippen LogP contribution in [0.25, 0.3) is 54.6 Å². The Morgan fingerprint density at radius 1 is 0.387 bits per heavy atom. The van der Waals surface area contributed by atoms with E-state index in [1.54, 1.807) is 0 Å². The van der Waals surface area contributed by atoms with Crippen molar-refractivity contribution in [1.29, 1.82) is 0 Å². The zero-order chi connectivity index (χ0) is 20.8. The summed E-state index contributed by atoms with van der Waals surface area (Å²) in [4.78, 5) is 0. The normalized spacial score (nSPS) is 11.4. The van der Waals surface area contributed by atoms with Crippen LogP contribution in [-0.2, 0) is 0 Å². The van der Waals surface area contributed by atoms with Crippen LogP contribution in [0.3, 0.4) is 0 Å². The van der Waals surface area contributed by atoms with Gasteiger partial charge in [0.2, 0.25) is 0 Å². The third-order valence-corrected chi connectivity index (χ3v) is 6.45. The van der Waals surface area contributed by atoms with Crippen LogP contribution in [-0.4, -0.2) is 0 Å². The summed E-state index contributed by atoms with van der Waals surface area (Å²) in [6.07, 6.45) is 0. The maximum atomic E-state index is 6.68. The molecule has 0 saturated heterocycles. The maximum absolute atomic E-state index is 6.68. The Kier molecular flexibility index (Phi) is 4.26. The summed E-state index contributed by atoms with van der Waals surface area (Å²) in [5.41, 5.74) is 4.59. The number of hydrogen-bond donors (Lipinski definition) is 0. The number of hydrogen-bond acceptors (Lipinski definition) is 0. The molecule has 0 nitrogen and oxygen atoms in total. The third kappa shape index (κ3) is 3.08. The van der Waals surface area contributed by atoms with Crippen molar-refractivity contribution in [2.45, 2.75) is 0 Å². The molecule has 0 aliphatic rings. The molecule has 6 aromatic rings. The molecule has 0 radical (unpaired) electrons. The number of halogens is 1. The largest absolute Gasteiger partial charge is 0.0837 e. The van der Waals surface area contributed by atoms with Gasteiger partial charge < -0.3 is 0 Å². The predicted molar refractivity (Wildman–Crippen MR) is 135 cm³/mol. The van der Waals surface area contributed by atoms with E-state index in [0.717, 1.165) is 16.1 Å². The molecule has 0 aliphatic heterocycles. The fourth-order valence-corrected chi connectivity index (χ4v) is 4.78. The van der Waals surface area contributed by atoms with Gasteiger partial charge in [-0.25, -0.2) is 0 Å². The second kappa shape index (κ2) is 7.27. The monoisotopic (exact) mass is 414 g/mol. The van der Waals surface area contributed by atoms with Gasteiger partial charge in [-0.2, -0.15) is 0 Å². The summed E-state index contributed by atoms with van der Waals surface area (Å²) in [7, 11) is 0. The van der Waals surface area contributed by atoms with Crippen LogP contribution in [0.1, 0.15) is 0 Å². The first-order valence-electron chi connectivity index (χ1n) is 10.5. The molecule has 0 aromatic heterocycles. The molecule has 0 aliphatic carbocycles. The van der Waals surface area contributed by atoms with Gasteiger partial charge in [0.15, 0.2) is 0 Å². The van der Waals surface area contributed by atoms with E-state index in [1.165, 1.54) is 43.4 Å². The minimum absolute atomic E-state index is 0.770. The molecule has 6 rings (SSSR count). The SMILES string of the molecule is Clc1ccc(-c2ccc3c(ccc4ccccc43)c2)cc1-c1cccc2ccccc12. The van der Waals surface area contributed by atoms with Crippen molar-refractivity contribution in [3.63, 3.8) is 0 Å². The van der Waals surface area contributed by atoms with Crippen LogP contribution in [0.15, 0.2) is 115 Å². The summed E-state index contributed by atoms with van der Waals surface area (Å²) < 4.78 is 0. The highest BCUT2D eigenvalue weighted by atomic mass is 35.5. The molecule has 0 heterocycles. The van der Waals surface area contributed by atoms with Crippen molar-refractivity contribution in [1.82, 2.24) is 0 Å². The maximum Gasteiger partial charge on any atom is 0.0485 e. The minimum atomic E-state index is 0.770. The van der Waals surface area contributed by atoms with Crippen molar-refractivity contribution < 1.29 is 0 Å². The summed E-state index contributed by atoms with van der Waals surface area (Å²) >= 11 is 6.68.